The minimum absolute atomic E-state index is 0.273. The average Bonchev–Trinajstić information content (AvgIpc) is 2.91. The van der Waals surface area contributed by atoms with Crippen LogP contribution in [-0.4, -0.2) is 19.0 Å². The average molecular weight is 299 g/mol. The van der Waals surface area contributed by atoms with Gasteiger partial charge < -0.3 is 9.47 Å². The zero-order valence-electron chi connectivity index (χ0n) is 10.6. The molecule has 2 aliphatic carbocycles. The zero-order chi connectivity index (χ0) is 13.1. The summed E-state index contributed by atoms with van der Waals surface area (Å²) in [5.74, 6) is 0.362. The molecule has 0 N–H and O–H groups in total. The number of fused-ring (bicyclic) bond motifs is 1. The summed E-state index contributed by atoms with van der Waals surface area (Å²) in [6.07, 6.45) is 4.30. The van der Waals surface area contributed by atoms with Crippen LogP contribution in [0.2, 0.25) is 10.0 Å². The molecule has 19 heavy (non-hydrogen) atoms. The minimum Gasteiger partial charge on any atom is -0.348 e. The summed E-state index contributed by atoms with van der Waals surface area (Å²) >= 11 is 12.3. The highest BCUT2D eigenvalue weighted by Crippen LogP contribution is 2.65. The van der Waals surface area contributed by atoms with E-state index in [2.05, 4.69) is 12.1 Å². The Morgan fingerprint density at radius 2 is 1.63 bits per heavy atom. The molecule has 2 atom stereocenters. The quantitative estimate of drug-likeness (QED) is 0.774. The first kappa shape index (κ1) is 12.5. The van der Waals surface area contributed by atoms with Crippen LogP contribution in [0.5, 0.6) is 0 Å². The summed E-state index contributed by atoms with van der Waals surface area (Å²) in [7, 11) is 0. The van der Waals surface area contributed by atoms with Crippen molar-refractivity contribution in [2.24, 2.45) is 5.92 Å². The molecule has 2 unspecified atom stereocenters. The lowest BCUT2D eigenvalue weighted by molar-refractivity contribution is -0.180. The Hall–Kier alpha value is -0.280. The van der Waals surface area contributed by atoms with Gasteiger partial charge in [0.15, 0.2) is 5.79 Å². The number of hydrogen-bond donors (Lipinski definition) is 0. The predicted octanol–water partition coefficient (Wildman–Crippen LogP) is 4.18. The summed E-state index contributed by atoms with van der Waals surface area (Å²) in [5.41, 5.74) is 1.57. The maximum Gasteiger partial charge on any atom is 0.168 e. The van der Waals surface area contributed by atoms with Gasteiger partial charge in [-0.2, -0.15) is 0 Å². The number of benzene rings is 1. The van der Waals surface area contributed by atoms with E-state index in [4.69, 9.17) is 32.7 Å². The molecular weight excluding hydrogens is 283 g/mol. The Morgan fingerprint density at radius 1 is 0.947 bits per heavy atom. The van der Waals surface area contributed by atoms with Gasteiger partial charge in [0, 0.05) is 22.9 Å². The molecule has 102 valence electrons. The Labute approximate surface area is 123 Å². The lowest BCUT2D eigenvalue weighted by Gasteiger charge is -2.35. The van der Waals surface area contributed by atoms with Crippen molar-refractivity contribution < 1.29 is 9.47 Å². The molecule has 1 aliphatic heterocycles. The van der Waals surface area contributed by atoms with E-state index in [1.807, 2.05) is 0 Å². The molecule has 3 aliphatic rings. The maximum absolute atomic E-state index is 6.14. The Balaban J connectivity index is 1.61. The molecule has 0 radical (unpaired) electrons. The fourth-order valence-corrected chi connectivity index (χ4v) is 4.47. The van der Waals surface area contributed by atoms with Crippen molar-refractivity contribution in [2.75, 3.05) is 13.2 Å². The number of rotatable bonds is 1. The fraction of sp³-hybridized carbons (Fsp3) is 0.600. The third-order valence-corrected chi connectivity index (χ3v) is 5.43. The van der Waals surface area contributed by atoms with E-state index >= 15 is 0 Å². The van der Waals surface area contributed by atoms with Gasteiger partial charge in [0.1, 0.15) is 0 Å². The highest BCUT2D eigenvalue weighted by atomic mass is 35.5. The van der Waals surface area contributed by atoms with Crippen LogP contribution in [0.15, 0.2) is 18.2 Å². The Morgan fingerprint density at radius 3 is 2.26 bits per heavy atom. The van der Waals surface area contributed by atoms with Crippen LogP contribution in [-0.2, 0) is 14.9 Å². The van der Waals surface area contributed by atoms with Gasteiger partial charge in [-0.05, 0) is 47.9 Å². The minimum atomic E-state index is -0.285. The molecule has 0 bridgehead atoms. The SMILES string of the molecule is Clc1cc(Cl)cc(C23CCC4(CC2C3)OCCO4)c1. The molecule has 1 aromatic rings. The first-order valence-electron chi connectivity index (χ1n) is 6.86. The zero-order valence-corrected chi connectivity index (χ0v) is 12.1. The van der Waals surface area contributed by atoms with Crippen molar-refractivity contribution in [3.63, 3.8) is 0 Å². The van der Waals surface area contributed by atoms with E-state index in [1.54, 1.807) is 6.07 Å². The van der Waals surface area contributed by atoms with Gasteiger partial charge in [-0.3, -0.25) is 0 Å². The van der Waals surface area contributed by atoms with Crippen LogP contribution < -0.4 is 0 Å². The van der Waals surface area contributed by atoms with Crippen LogP contribution in [0.3, 0.4) is 0 Å². The van der Waals surface area contributed by atoms with Crippen LogP contribution >= 0.6 is 23.2 Å². The molecule has 1 aromatic carbocycles. The van der Waals surface area contributed by atoms with E-state index in [0.29, 0.717) is 5.92 Å². The van der Waals surface area contributed by atoms with E-state index < -0.39 is 0 Å². The van der Waals surface area contributed by atoms with Crippen molar-refractivity contribution in [1.29, 1.82) is 0 Å². The second-order valence-corrected chi connectivity index (χ2v) is 6.90. The normalized spacial score (nSPS) is 35.4. The highest BCUT2D eigenvalue weighted by molar-refractivity contribution is 6.34. The van der Waals surface area contributed by atoms with Gasteiger partial charge in [0.05, 0.1) is 13.2 Å². The monoisotopic (exact) mass is 298 g/mol. The van der Waals surface area contributed by atoms with Crippen LogP contribution in [0.1, 0.15) is 31.2 Å². The molecule has 4 heteroatoms. The summed E-state index contributed by atoms with van der Waals surface area (Å²) in [6.45, 7) is 1.48. The second kappa shape index (κ2) is 4.11. The number of halogens is 2. The topological polar surface area (TPSA) is 18.5 Å². The van der Waals surface area contributed by atoms with Crippen molar-refractivity contribution in [3.8, 4) is 0 Å². The smallest absolute Gasteiger partial charge is 0.168 e. The van der Waals surface area contributed by atoms with Gasteiger partial charge in [0.2, 0.25) is 0 Å². The summed E-state index contributed by atoms with van der Waals surface area (Å²) < 4.78 is 11.7. The first-order valence-corrected chi connectivity index (χ1v) is 7.62. The summed E-state index contributed by atoms with van der Waals surface area (Å²) in [6, 6.07) is 5.94. The van der Waals surface area contributed by atoms with Gasteiger partial charge in [-0.15, -0.1) is 0 Å². The molecule has 0 amide bonds. The molecule has 4 rings (SSSR count). The van der Waals surface area contributed by atoms with Crippen molar-refractivity contribution in [1.82, 2.24) is 0 Å². The van der Waals surface area contributed by atoms with E-state index in [1.165, 1.54) is 12.0 Å². The molecule has 0 aromatic heterocycles. The van der Waals surface area contributed by atoms with Gasteiger partial charge >= 0.3 is 0 Å². The fourth-order valence-electron chi connectivity index (χ4n) is 3.94. The standard InChI is InChI=1S/C15H16Cl2O2/c16-12-5-10(6-13(17)7-12)14-1-2-15(9-11(14)8-14)18-3-4-19-15/h5-7,11H,1-4,8-9H2. The molecule has 1 heterocycles. The Bertz CT molecular complexity index is 505. The van der Waals surface area contributed by atoms with Gasteiger partial charge in [0.25, 0.3) is 0 Å². The van der Waals surface area contributed by atoms with Crippen molar-refractivity contribution in [2.45, 2.75) is 36.9 Å². The molecule has 1 spiro atoms. The number of hydrogen-bond acceptors (Lipinski definition) is 2. The first-order chi connectivity index (χ1) is 9.12. The number of ether oxygens (including phenoxy) is 2. The predicted molar refractivity (Wildman–Crippen MR) is 74.7 cm³/mol. The van der Waals surface area contributed by atoms with Crippen molar-refractivity contribution >= 4 is 23.2 Å². The van der Waals surface area contributed by atoms with Crippen LogP contribution in [0.4, 0.5) is 0 Å². The maximum atomic E-state index is 6.14. The molecule has 2 saturated carbocycles. The van der Waals surface area contributed by atoms with Gasteiger partial charge in [-0.25, -0.2) is 0 Å². The van der Waals surface area contributed by atoms with E-state index in [9.17, 15) is 0 Å². The second-order valence-electron chi connectivity index (χ2n) is 6.03. The lowest BCUT2D eigenvalue weighted by atomic mass is 9.80. The molecule has 2 nitrogen and oxygen atoms in total. The molecular formula is C15H16Cl2O2. The highest BCUT2D eigenvalue weighted by Gasteiger charge is 2.62. The third kappa shape index (κ3) is 1.92. The lowest BCUT2D eigenvalue weighted by Crippen LogP contribution is -2.37. The van der Waals surface area contributed by atoms with Crippen LogP contribution in [0, 0.1) is 5.92 Å². The molecule has 3 fully saturated rings. The summed E-state index contributed by atoms with van der Waals surface area (Å²) in [4.78, 5) is 0. The largest absolute Gasteiger partial charge is 0.348 e. The summed E-state index contributed by atoms with van der Waals surface area (Å²) in [5, 5.41) is 1.47. The van der Waals surface area contributed by atoms with Gasteiger partial charge in [-0.1, -0.05) is 23.2 Å². The van der Waals surface area contributed by atoms with Crippen LogP contribution in [0.25, 0.3) is 0 Å². The van der Waals surface area contributed by atoms with E-state index in [-0.39, 0.29) is 11.2 Å². The third-order valence-electron chi connectivity index (χ3n) is 4.99. The molecule has 1 saturated heterocycles. The van der Waals surface area contributed by atoms with Crippen molar-refractivity contribution in [3.05, 3.63) is 33.8 Å². The van der Waals surface area contributed by atoms with E-state index in [0.717, 1.165) is 42.5 Å². The Kier molecular flexibility index (Phi) is 2.69.